The van der Waals surface area contributed by atoms with Crippen molar-refractivity contribution in [2.24, 2.45) is 11.7 Å². The van der Waals surface area contributed by atoms with Gasteiger partial charge in [0, 0.05) is 30.4 Å². The van der Waals surface area contributed by atoms with Gasteiger partial charge in [-0.05, 0) is 38.2 Å². The van der Waals surface area contributed by atoms with Crippen molar-refractivity contribution in [2.45, 2.75) is 51.6 Å². The minimum Gasteiger partial charge on any atom is -0.327 e. The highest BCUT2D eigenvalue weighted by Gasteiger charge is 2.29. The van der Waals surface area contributed by atoms with E-state index in [1.54, 1.807) is 0 Å². The normalized spacial score (nSPS) is 31.8. The summed E-state index contributed by atoms with van der Waals surface area (Å²) in [6.07, 6.45) is 5.54. The smallest absolute Gasteiger partial charge is 0.0492 e. The SMILES string of the molecule is CCn1nccc1C1CC(C)CCC1N. The van der Waals surface area contributed by atoms with Crippen molar-refractivity contribution < 1.29 is 0 Å². The highest BCUT2D eigenvalue weighted by atomic mass is 15.3. The molecule has 3 heteroatoms. The number of aromatic nitrogens is 2. The Labute approximate surface area is 91.7 Å². The molecule has 1 aromatic heterocycles. The molecule has 1 aliphatic rings. The first-order chi connectivity index (χ1) is 7.22. The maximum Gasteiger partial charge on any atom is 0.0492 e. The van der Waals surface area contributed by atoms with Gasteiger partial charge in [0.15, 0.2) is 0 Å². The molecular formula is C12H21N3. The van der Waals surface area contributed by atoms with Crippen LogP contribution in [0.1, 0.15) is 44.7 Å². The van der Waals surface area contributed by atoms with Crippen LogP contribution >= 0.6 is 0 Å². The predicted octanol–water partition coefficient (Wildman–Crippen LogP) is 2.13. The minimum atomic E-state index is 0.322. The molecule has 3 nitrogen and oxygen atoms in total. The van der Waals surface area contributed by atoms with E-state index < -0.39 is 0 Å². The molecule has 84 valence electrons. The van der Waals surface area contributed by atoms with Crippen LogP contribution in [0.4, 0.5) is 0 Å². The van der Waals surface area contributed by atoms with Gasteiger partial charge in [0.25, 0.3) is 0 Å². The molecule has 0 aromatic carbocycles. The first kappa shape index (κ1) is 10.7. The minimum absolute atomic E-state index is 0.322. The Bertz CT molecular complexity index is 318. The van der Waals surface area contributed by atoms with Crippen LogP contribution in [0.5, 0.6) is 0 Å². The summed E-state index contributed by atoms with van der Waals surface area (Å²) in [6.45, 7) is 5.40. The van der Waals surface area contributed by atoms with Crippen LogP contribution in [-0.4, -0.2) is 15.8 Å². The lowest BCUT2D eigenvalue weighted by Gasteiger charge is -2.32. The highest BCUT2D eigenvalue weighted by Crippen LogP contribution is 2.34. The standard InChI is InChI=1S/C12H21N3/c1-3-15-12(6-7-14-15)10-8-9(2)4-5-11(10)13/h6-7,9-11H,3-5,8,13H2,1-2H3. The molecule has 1 heterocycles. The van der Waals surface area contributed by atoms with Crippen molar-refractivity contribution in [2.75, 3.05) is 0 Å². The van der Waals surface area contributed by atoms with Crippen molar-refractivity contribution in [1.29, 1.82) is 0 Å². The summed E-state index contributed by atoms with van der Waals surface area (Å²) in [5.74, 6) is 1.31. The van der Waals surface area contributed by atoms with E-state index >= 15 is 0 Å². The molecule has 1 fully saturated rings. The average molecular weight is 207 g/mol. The van der Waals surface area contributed by atoms with Crippen LogP contribution < -0.4 is 5.73 Å². The predicted molar refractivity (Wildman–Crippen MR) is 61.6 cm³/mol. The molecule has 0 aliphatic heterocycles. The van der Waals surface area contributed by atoms with E-state index in [9.17, 15) is 0 Å². The van der Waals surface area contributed by atoms with Gasteiger partial charge >= 0.3 is 0 Å². The largest absolute Gasteiger partial charge is 0.327 e. The van der Waals surface area contributed by atoms with Crippen LogP contribution in [0, 0.1) is 5.92 Å². The molecule has 15 heavy (non-hydrogen) atoms. The monoisotopic (exact) mass is 207 g/mol. The van der Waals surface area contributed by atoms with Gasteiger partial charge in [-0.3, -0.25) is 4.68 Å². The summed E-state index contributed by atoms with van der Waals surface area (Å²) in [7, 11) is 0. The molecule has 0 spiro atoms. The summed E-state index contributed by atoms with van der Waals surface area (Å²) >= 11 is 0. The highest BCUT2D eigenvalue weighted by molar-refractivity contribution is 5.12. The van der Waals surface area contributed by atoms with Gasteiger partial charge in [0.2, 0.25) is 0 Å². The number of hydrogen-bond acceptors (Lipinski definition) is 2. The quantitative estimate of drug-likeness (QED) is 0.807. The first-order valence-electron chi connectivity index (χ1n) is 5.99. The fraction of sp³-hybridized carbons (Fsp3) is 0.750. The molecule has 0 radical (unpaired) electrons. The van der Waals surface area contributed by atoms with Gasteiger partial charge in [0.05, 0.1) is 0 Å². The number of nitrogens with two attached hydrogens (primary N) is 1. The fourth-order valence-electron chi connectivity index (χ4n) is 2.67. The van der Waals surface area contributed by atoms with E-state index in [1.165, 1.54) is 18.5 Å². The summed E-state index contributed by atoms with van der Waals surface area (Å²) in [4.78, 5) is 0. The Morgan fingerprint density at radius 3 is 3.07 bits per heavy atom. The number of rotatable bonds is 2. The zero-order valence-corrected chi connectivity index (χ0v) is 9.69. The van der Waals surface area contributed by atoms with Gasteiger partial charge in [-0.25, -0.2) is 0 Å². The lowest BCUT2D eigenvalue weighted by molar-refractivity contribution is 0.295. The maximum atomic E-state index is 6.21. The van der Waals surface area contributed by atoms with Crippen LogP contribution in [0.15, 0.2) is 12.3 Å². The number of aryl methyl sites for hydroxylation is 1. The van der Waals surface area contributed by atoms with Crippen LogP contribution in [0.3, 0.4) is 0 Å². The Balaban J connectivity index is 2.20. The van der Waals surface area contributed by atoms with E-state index in [4.69, 9.17) is 5.73 Å². The maximum absolute atomic E-state index is 6.21. The van der Waals surface area contributed by atoms with Crippen LogP contribution in [-0.2, 0) is 6.54 Å². The number of hydrogen-bond donors (Lipinski definition) is 1. The number of nitrogens with zero attached hydrogens (tertiary/aromatic N) is 2. The molecule has 3 atom stereocenters. The van der Waals surface area contributed by atoms with E-state index in [1.807, 2.05) is 6.20 Å². The van der Waals surface area contributed by atoms with Crippen molar-refractivity contribution >= 4 is 0 Å². The summed E-state index contributed by atoms with van der Waals surface area (Å²) in [6, 6.07) is 2.45. The van der Waals surface area contributed by atoms with Gasteiger partial charge in [-0.15, -0.1) is 0 Å². The van der Waals surface area contributed by atoms with Crippen molar-refractivity contribution in [3.05, 3.63) is 18.0 Å². The Kier molecular flexibility index (Phi) is 3.10. The van der Waals surface area contributed by atoms with Gasteiger partial charge in [0.1, 0.15) is 0 Å². The molecule has 1 saturated carbocycles. The van der Waals surface area contributed by atoms with E-state index in [-0.39, 0.29) is 0 Å². The second kappa shape index (κ2) is 4.35. The first-order valence-corrected chi connectivity index (χ1v) is 5.99. The van der Waals surface area contributed by atoms with E-state index in [0.29, 0.717) is 12.0 Å². The lowest BCUT2D eigenvalue weighted by atomic mass is 9.77. The van der Waals surface area contributed by atoms with Gasteiger partial charge < -0.3 is 5.73 Å². The van der Waals surface area contributed by atoms with Crippen molar-refractivity contribution in [3.63, 3.8) is 0 Å². The molecule has 1 aromatic rings. The molecule has 0 bridgehead atoms. The second-order valence-corrected chi connectivity index (χ2v) is 4.76. The van der Waals surface area contributed by atoms with Crippen molar-refractivity contribution in [1.82, 2.24) is 9.78 Å². The lowest BCUT2D eigenvalue weighted by Crippen LogP contribution is -2.35. The van der Waals surface area contributed by atoms with Gasteiger partial charge in [-0.1, -0.05) is 6.92 Å². The molecule has 0 saturated heterocycles. The average Bonchev–Trinajstić information content (AvgIpc) is 2.69. The third kappa shape index (κ3) is 2.07. The molecule has 2 rings (SSSR count). The van der Waals surface area contributed by atoms with Crippen LogP contribution in [0.2, 0.25) is 0 Å². The Hall–Kier alpha value is -0.830. The third-order valence-corrected chi connectivity index (χ3v) is 3.59. The van der Waals surface area contributed by atoms with E-state index in [2.05, 4.69) is 29.7 Å². The molecule has 0 amide bonds. The van der Waals surface area contributed by atoms with Crippen molar-refractivity contribution in [3.8, 4) is 0 Å². The molecular weight excluding hydrogens is 186 g/mol. The van der Waals surface area contributed by atoms with Gasteiger partial charge in [-0.2, -0.15) is 5.10 Å². The summed E-state index contributed by atoms with van der Waals surface area (Å²) in [5.41, 5.74) is 7.55. The zero-order chi connectivity index (χ0) is 10.8. The van der Waals surface area contributed by atoms with Crippen LogP contribution in [0.25, 0.3) is 0 Å². The zero-order valence-electron chi connectivity index (χ0n) is 9.69. The topological polar surface area (TPSA) is 43.8 Å². The molecule has 2 N–H and O–H groups in total. The molecule has 1 aliphatic carbocycles. The Morgan fingerprint density at radius 2 is 2.33 bits per heavy atom. The Morgan fingerprint density at radius 1 is 1.53 bits per heavy atom. The third-order valence-electron chi connectivity index (χ3n) is 3.59. The summed E-state index contributed by atoms with van der Waals surface area (Å²) in [5, 5.41) is 4.33. The summed E-state index contributed by atoms with van der Waals surface area (Å²) < 4.78 is 2.09. The van der Waals surface area contributed by atoms with E-state index in [0.717, 1.165) is 18.9 Å². The molecule has 3 unspecified atom stereocenters. The fourth-order valence-corrected chi connectivity index (χ4v) is 2.67. The second-order valence-electron chi connectivity index (χ2n) is 4.76.